The summed E-state index contributed by atoms with van der Waals surface area (Å²) in [7, 11) is 0.627. The largest absolute Gasteiger partial charge is 0.497 e. The van der Waals surface area contributed by atoms with E-state index in [1.807, 2.05) is 48.5 Å². The Morgan fingerprint density at radius 2 is 1.68 bits per heavy atom. The van der Waals surface area contributed by atoms with E-state index in [0.717, 1.165) is 21.3 Å². The number of anilines is 1. The Morgan fingerprint density at radius 1 is 1.04 bits per heavy atom. The van der Waals surface area contributed by atoms with E-state index in [9.17, 15) is 4.57 Å². The van der Waals surface area contributed by atoms with Gasteiger partial charge in [-0.2, -0.15) is 4.98 Å². The molecule has 0 bridgehead atoms. The lowest BCUT2D eigenvalue weighted by Gasteiger charge is -2.12. The van der Waals surface area contributed by atoms with Gasteiger partial charge >= 0.3 is 7.60 Å². The van der Waals surface area contributed by atoms with Gasteiger partial charge in [0.2, 0.25) is 17.2 Å². The summed E-state index contributed by atoms with van der Waals surface area (Å²) in [5.74, 6) is 1.32. The zero-order chi connectivity index (χ0) is 20.1. The Bertz CT molecular complexity index is 965. The van der Waals surface area contributed by atoms with Gasteiger partial charge in [-0.3, -0.25) is 4.57 Å². The number of benzene rings is 2. The first-order chi connectivity index (χ1) is 13.5. The Morgan fingerprint density at radius 3 is 2.25 bits per heavy atom. The fourth-order valence-corrected chi connectivity index (χ4v) is 3.85. The van der Waals surface area contributed by atoms with Crippen LogP contribution in [0.3, 0.4) is 0 Å². The van der Waals surface area contributed by atoms with Crippen molar-refractivity contribution in [3.63, 3.8) is 0 Å². The molecule has 0 saturated carbocycles. The van der Waals surface area contributed by atoms with Gasteiger partial charge < -0.3 is 23.5 Å². The summed E-state index contributed by atoms with van der Waals surface area (Å²) in [6, 6.07) is 15.0. The zero-order valence-electron chi connectivity index (χ0n) is 15.6. The van der Waals surface area contributed by atoms with Gasteiger partial charge in [0, 0.05) is 30.8 Å². The van der Waals surface area contributed by atoms with Crippen molar-refractivity contribution in [2.75, 3.05) is 26.6 Å². The van der Waals surface area contributed by atoms with Crippen molar-refractivity contribution >= 4 is 34.8 Å². The van der Waals surface area contributed by atoms with E-state index in [1.54, 1.807) is 7.11 Å². The number of aromatic nitrogens is 1. The van der Waals surface area contributed by atoms with E-state index < -0.39 is 7.60 Å². The van der Waals surface area contributed by atoms with Crippen LogP contribution in [-0.4, -0.2) is 26.3 Å². The fourth-order valence-electron chi connectivity index (χ4n) is 2.50. The molecule has 0 fully saturated rings. The minimum Gasteiger partial charge on any atom is -0.497 e. The maximum atomic E-state index is 12.9. The molecule has 0 spiro atoms. The van der Waals surface area contributed by atoms with Crippen LogP contribution in [0, 0.1) is 0 Å². The minimum atomic E-state index is -3.61. The van der Waals surface area contributed by atoms with Crippen molar-refractivity contribution in [1.29, 1.82) is 0 Å². The second-order valence-corrected chi connectivity index (χ2v) is 8.81. The lowest BCUT2D eigenvalue weighted by atomic mass is 10.2. The van der Waals surface area contributed by atoms with Crippen LogP contribution in [-0.2, 0) is 20.2 Å². The maximum absolute atomic E-state index is 12.9. The lowest BCUT2D eigenvalue weighted by Crippen LogP contribution is -2.14. The van der Waals surface area contributed by atoms with Crippen molar-refractivity contribution in [3.8, 4) is 17.2 Å². The summed E-state index contributed by atoms with van der Waals surface area (Å²) in [6.07, 6.45) is 0. The van der Waals surface area contributed by atoms with Crippen molar-refractivity contribution in [2.45, 2.75) is 6.54 Å². The molecular weight excluding hydrogens is 447 g/mol. The Hall–Kier alpha value is -2.12. The third-order valence-corrected chi connectivity index (χ3v) is 6.36. The average molecular weight is 467 g/mol. The van der Waals surface area contributed by atoms with Gasteiger partial charge in [0.05, 0.1) is 7.11 Å². The van der Waals surface area contributed by atoms with E-state index in [-0.39, 0.29) is 11.3 Å². The minimum absolute atomic E-state index is 0.101. The van der Waals surface area contributed by atoms with Crippen LogP contribution in [0.15, 0.2) is 57.4 Å². The Kier molecular flexibility index (Phi) is 6.57. The zero-order valence-corrected chi connectivity index (χ0v) is 18.1. The number of halogens is 1. The summed E-state index contributed by atoms with van der Waals surface area (Å²) in [5, 5.41) is 3.13. The predicted molar refractivity (Wildman–Crippen MR) is 111 cm³/mol. The molecule has 0 radical (unpaired) electrons. The van der Waals surface area contributed by atoms with Gasteiger partial charge in [-0.25, -0.2) is 0 Å². The van der Waals surface area contributed by atoms with E-state index in [0.29, 0.717) is 12.4 Å². The second kappa shape index (κ2) is 8.92. The Balaban J connectivity index is 1.92. The van der Waals surface area contributed by atoms with Crippen LogP contribution in [0.2, 0.25) is 0 Å². The van der Waals surface area contributed by atoms with Crippen molar-refractivity contribution in [1.82, 2.24) is 4.98 Å². The van der Waals surface area contributed by atoms with E-state index >= 15 is 0 Å². The van der Waals surface area contributed by atoms with Crippen LogP contribution in [0.25, 0.3) is 11.5 Å². The summed E-state index contributed by atoms with van der Waals surface area (Å²) in [6.45, 7) is 0.430. The van der Waals surface area contributed by atoms with E-state index in [1.165, 1.54) is 14.2 Å². The molecule has 0 unspecified atom stereocenters. The quantitative estimate of drug-likeness (QED) is 0.475. The molecule has 7 nitrogen and oxygen atoms in total. The monoisotopic (exact) mass is 466 g/mol. The first-order valence-corrected chi connectivity index (χ1v) is 10.7. The van der Waals surface area contributed by atoms with E-state index in [2.05, 4.69) is 26.2 Å². The van der Waals surface area contributed by atoms with Crippen molar-refractivity contribution < 1.29 is 22.8 Å². The molecule has 148 valence electrons. The number of methoxy groups -OCH3 is 1. The first-order valence-electron chi connectivity index (χ1n) is 8.34. The molecule has 0 aliphatic carbocycles. The van der Waals surface area contributed by atoms with Crippen LogP contribution in [0.1, 0.15) is 5.56 Å². The number of rotatable bonds is 8. The number of oxazole rings is 1. The van der Waals surface area contributed by atoms with Crippen LogP contribution < -0.4 is 15.5 Å². The van der Waals surface area contributed by atoms with Gasteiger partial charge in [-0.15, -0.1) is 0 Å². The molecule has 0 aliphatic heterocycles. The topological polar surface area (TPSA) is 82.8 Å². The average Bonchev–Trinajstić information content (AvgIpc) is 3.17. The summed E-state index contributed by atoms with van der Waals surface area (Å²) >= 11 is 3.40. The normalized spacial score (nSPS) is 11.4. The predicted octanol–water partition coefficient (Wildman–Crippen LogP) is 4.84. The molecule has 0 aliphatic rings. The van der Waals surface area contributed by atoms with Crippen LogP contribution in [0.4, 0.5) is 5.88 Å². The molecule has 9 heteroatoms. The van der Waals surface area contributed by atoms with Crippen LogP contribution in [0.5, 0.6) is 5.75 Å². The lowest BCUT2D eigenvalue weighted by molar-refractivity contribution is 0.286. The Labute approximate surface area is 171 Å². The molecule has 2 aromatic carbocycles. The first kappa shape index (κ1) is 20.6. The molecule has 0 saturated heterocycles. The molecule has 28 heavy (non-hydrogen) atoms. The van der Waals surface area contributed by atoms with Crippen LogP contribution >= 0.6 is 23.5 Å². The number of nitrogens with zero attached hydrogens (tertiary/aromatic N) is 1. The fraction of sp³-hybridized carbons (Fsp3) is 0.211. The summed E-state index contributed by atoms with van der Waals surface area (Å²) in [5.41, 5.74) is 1.82. The SMILES string of the molecule is COc1ccc(CNc2oc(-c3ccc(Br)cc3)nc2P(=O)(OC)OC)cc1. The maximum Gasteiger partial charge on any atom is 0.384 e. The molecule has 1 heterocycles. The van der Waals surface area contributed by atoms with Gasteiger partial charge in [0.15, 0.2) is 0 Å². The highest BCUT2D eigenvalue weighted by Crippen LogP contribution is 2.47. The molecule has 0 amide bonds. The van der Waals surface area contributed by atoms with E-state index in [4.69, 9.17) is 18.2 Å². The second-order valence-electron chi connectivity index (χ2n) is 5.74. The number of ether oxygens (including phenoxy) is 1. The molecule has 3 rings (SSSR count). The number of hydrogen-bond acceptors (Lipinski definition) is 7. The number of nitrogens with one attached hydrogen (secondary N) is 1. The van der Waals surface area contributed by atoms with Crippen molar-refractivity contribution in [2.24, 2.45) is 0 Å². The molecular formula is C19H20BrN2O5P. The van der Waals surface area contributed by atoms with Gasteiger partial charge in [0.25, 0.3) is 0 Å². The highest BCUT2D eigenvalue weighted by Gasteiger charge is 2.34. The molecule has 0 atom stereocenters. The highest BCUT2D eigenvalue weighted by atomic mass is 79.9. The van der Waals surface area contributed by atoms with Gasteiger partial charge in [-0.1, -0.05) is 28.1 Å². The molecule has 1 N–H and O–H groups in total. The summed E-state index contributed by atoms with van der Waals surface area (Å²) in [4.78, 5) is 4.39. The third kappa shape index (κ3) is 4.47. The highest BCUT2D eigenvalue weighted by molar-refractivity contribution is 9.10. The third-order valence-electron chi connectivity index (χ3n) is 4.05. The summed E-state index contributed by atoms with van der Waals surface area (Å²) < 4.78 is 35.1. The number of hydrogen-bond donors (Lipinski definition) is 1. The van der Waals surface area contributed by atoms with Crippen molar-refractivity contribution in [3.05, 3.63) is 58.6 Å². The standard InChI is InChI=1S/C19H20BrN2O5P/c1-24-16-10-4-13(5-11-16)12-21-18-19(28(23,25-2)26-3)22-17(27-18)14-6-8-15(20)9-7-14/h4-11,21H,12H2,1-3H3. The van der Waals surface area contributed by atoms with Gasteiger partial charge in [-0.05, 0) is 42.0 Å². The smallest absolute Gasteiger partial charge is 0.384 e. The molecule has 3 aromatic rings. The van der Waals surface area contributed by atoms with Gasteiger partial charge in [0.1, 0.15) is 5.75 Å². The molecule has 1 aromatic heterocycles.